The standard InChI is InChI=1S/C37H41F3O5S/c1-28(24-29(2)35(43-27-31-16-8-4-9-17-31)30(3)26-45-46(41,42)37(38,39)40)25-44-36(32-18-10-5-11-19-32,33-20-12-6-13-21-33)34-22-14-7-15-23-34/h4-23,28-30,35H,24-27H2,1-3H3/t28-,29-,30-,35+/m1/s1. The van der Waals surface area contributed by atoms with E-state index in [1.165, 1.54) is 0 Å². The lowest BCUT2D eigenvalue weighted by molar-refractivity contribution is -0.0661. The van der Waals surface area contributed by atoms with Crippen molar-refractivity contribution in [1.29, 1.82) is 0 Å². The summed E-state index contributed by atoms with van der Waals surface area (Å²) in [4.78, 5) is 0. The van der Waals surface area contributed by atoms with E-state index < -0.39 is 39.9 Å². The van der Waals surface area contributed by atoms with Gasteiger partial charge in [0.2, 0.25) is 0 Å². The highest BCUT2D eigenvalue weighted by molar-refractivity contribution is 7.87. The first-order valence-electron chi connectivity index (χ1n) is 15.4. The van der Waals surface area contributed by atoms with Crippen molar-refractivity contribution in [2.45, 2.75) is 51.0 Å². The number of hydrogen-bond donors (Lipinski definition) is 0. The van der Waals surface area contributed by atoms with Gasteiger partial charge in [-0.3, -0.25) is 4.18 Å². The summed E-state index contributed by atoms with van der Waals surface area (Å²) in [5.41, 5.74) is -2.55. The summed E-state index contributed by atoms with van der Waals surface area (Å²) in [6, 6.07) is 39.6. The smallest absolute Gasteiger partial charge is 0.373 e. The van der Waals surface area contributed by atoms with E-state index >= 15 is 0 Å². The lowest BCUT2D eigenvalue weighted by Gasteiger charge is -2.37. The van der Waals surface area contributed by atoms with Crippen LogP contribution in [0, 0.1) is 17.8 Å². The summed E-state index contributed by atoms with van der Waals surface area (Å²) < 4.78 is 79.9. The molecule has 4 rings (SSSR count). The van der Waals surface area contributed by atoms with Crippen LogP contribution in [0.15, 0.2) is 121 Å². The van der Waals surface area contributed by atoms with Crippen molar-refractivity contribution >= 4 is 10.1 Å². The number of rotatable bonds is 16. The fourth-order valence-electron chi connectivity index (χ4n) is 5.89. The molecule has 0 saturated carbocycles. The molecule has 4 aromatic rings. The van der Waals surface area contributed by atoms with E-state index in [1.807, 2.05) is 91.9 Å². The van der Waals surface area contributed by atoms with E-state index in [1.54, 1.807) is 6.92 Å². The molecule has 4 atom stereocenters. The van der Waals surface area contributed by atoms with Crippen molar-refractivity contribution in [3.8, 4) is 0 Å². The summed E-state index contributed by atoms with van der Waals surface area (Å²) in [6.45, 7) is 5.59. The maximum absolute atomic E-state index is 13.0. The van der Waals surface area contributed by atoms with Gasteiger partial charge in [0.15, 0.2) is 0 Å². The van der Waals surface area contributed by atoms with Crippen LogP contribution in [-0.4, -0.2) is 33.2 Å². The Hall–Kier alpha value is -3.50. The van der Waals surface area contributed by atoms with Gasteiger partial charge in [-0.1, -0.05) is 142 Å². The molecule has 46 heavy (non-hydrogen) atoms. The van der Waals surface area contributed by atoms with Crippen LogP contribution in [0.5, 0.6) is 0 Å². The average Bonchev–Trinajstić information content (AvgIpc) is 3.05. The number of alkyl halides is 3. The van der Waals surface area contributed by atoms with Gasteiger partial charge in [0.1, 0.15) is 5.60 Å². The zero-order chi connectivity index (χ0) is 33.2. The van der Waals surface area contributed by atoms with Gasteiger partial charge in [-0.15, -0.1) is 0 Å². The van der Waals surface area contributed by atoms with Crippen molar-refractivity contribution in [3.63, 3.8) is 0 Å². The van der Waals surface area contributed by atoms with E-state index in [9.17, 15) is 21.6 Å². The van der Waals surface area contributed by atoms with Gasteiger partial charge in [0, 0.05) is 5.92 Å². The molecule has 0 aliphatic heterocycles. The second-order valence-corrected chi connectivity index (χ2v) is 13.4. The van der Waals surface area contributed by atoms with Gasteiger partial charge in [0.05, 0.1) is 25.9 Å². The lowest BCUT2D eigenvalue weighted by atomic mass is 9.80. The molecule has 0 aromatic heterocycles. The predicted octanol–water partition coefficient (Wildman–Crippen LogP) is 8.75. The highest BCUT2D eigenvalue weighted by atomic mass is 32.2. The molecule has 0 aliphatic rings. The molecule has 9 heteroatoms. The minimum atomic E-state index is -5.72. The van der Waals surface area contributed by atoms with Gasteiger partial charge in [-0.2, -0.15) is 21.6 Å². The van der Waals surface area contributed by atoms with E-state index in [0.717, 1.165) is 22.3 Å². The van der Waals surface area contributed by atoms with Gasteiger partial charge in [-0.05, 0) is 40.5 Å². The minimum absolute atomic E-state index is 0.000336. The molecule has 0 unspecified atom stereocenters. The zero-order valence-corrected chi connectivity index (χ0v) is 27.1. The molecule has 0 bridgehead atoms. The third-order valence-electron chi connectivity index (χ3n) is 8.08. The van der Waals surface area contributed by atoms with Crippen molar-refractivity contribution in [2.75, 3.05) is 13.2 Å². The Morgan fingerprint density at radius 1 is 0.630 bits per heavy atom. The predicted molar refractivity (Wildman–Crippen MR) is 173 cm³/mol. The number of halogens is 3. The summed E-state index contributed by atoms with van der Waals surface area (Å²) in [6.07, 6.45) is 0.0118. The second kappa shape index (κ2) is 15.9. The van der Waals surface area contributed by atoms with Crippen molar-refractivity contribution in [1.82, 2.24) is 0 Å². The first kappa shape index (κ1) is 35.4. The van der Waals surface area contributed by atoms with Crippen molar-refractivity contribution in [3.05, 3.63) is 144 Å². The topological polar surface area (TPSA) is 61.8 Å². The van der Waals surface area contributed by atoms with Crippen LogP contribution >= 0.6 is 0 Å². The molecule has 4 aromatic carbocycles. The SMILES string of the molecule is C[C@@H](COC(c1ccccc1)(c1ccccc1)c1ccccc1)C[C@@H](C)[C@H](OCc1ccccc1)[C@H](C)COS(=O)(=O)C(F)(F)F. The van der Waals surface area contributed by atoms with Crippen LogP contribution in [0.1, 0.15) is 49.4 Å². The van der Waals surface area contributed by atoms with Crippen LogP contribution in [0.3, 0.4) is 0 Å². The van der Waals surface area contributed by atoms with Crippen LogP contribution in [0.4, 0.5) is 13.2 Å². The van der Waals surface area contributed by atoms with Gasteiger partial charge in [-0.25, -0.2) is 0 Å². The largest absolute Gasteiger partial charge is 0.523 e. The maximum Gasteiger partial charge on any atom is 0.523 e. The van der Waals surface area contributed by atoms with Crippen molar-refractivity contribution in [2.24, 2.45) is 17.8 Å². The maximum atomic E-state index is 13.0. The Balaban J connectivity index is 1.55. The van der Waals surface area contributed by atoms with Crippen LogP contribution in [0.2, 0.25) is 0 Å². The molecule has 0 spiro atoms. The first-order valence-corrected chi connectivity index (χ1v) is 16.8. The molecule has 0 N–H and O–H groups in total. The van der Waals surface area contributed by atoms with Gasteiger partial charge >= 0.3 is 15.6 Å². The second-order valence-electron chi connectivity index (χ2n) is 11.8. The molecular formula is C37H41F3O5S. The molecule has 0 amide bonds. The Morgan fingerprint density at radius 3 is 1.50 bits per heavy atom. The summed E-state index contributed by atoms with van der Waals surface area (Å²) >= 11 is 0. The Bertz CT molecular complexity index is 1470. The average molecular weight is 655 g/mol. The monoisotopic (exact) mass is 654 g/mol. The van der Waals surface area contributed by atoms with Crippen LogP contribution in [0.25, 0.3) is 0 Å². The minimum Gasteiger partial charge on any atom is -0.373 e. The fraction of sp³-hybridized carbons (Fsp3) is 0.351. The quantitative estimate of drug-likeness (QED) is 0.0687. The third-order valence-corrected chi connectivity index (χ3v) is 9.09. The van der Waals surface area contributed by atoms with E-state index in [2.05, 4.69) is 47.5 Å². The summed E-state index contributed by atoms with van der Waals surface area (Å²) in [7, 11) is -5.72. The molecule has 0 aliphatic carbocycles. The zero-order valence-electron chi connectivity index (χ0n) is 26.3. The molecule has 0 heterocycles. The summed E-state index contributed by atoms with van der Waals surface area (Å²) in [5.74, 6) is -0.824. The summed E-state index contributed by atoms with van der Waals surface area (Å²) in [5, 5.41) is 0. The van der Waals surface area contributed by atoms with E-state index in [-0.39, 0.29) is 18.4 Å². The number of hydrogen-bond acceptors (Lipinski definition) is 5. The van der Waals surface area contributed by atoms with E-state index in [4.69, 9.17) is 9.47 Å². The molecule has 5 nitrogen and oxygen atoms in total. The number of benzene rings is 4. The third kappa shape index (κ3) is 8.85. The number of ether oxygens (including phenoxy) is 2. The van der Waals surface area contributed by atoms with E-state index in [0.29, 0.717) is 13.0 Å². The Labute approximate surface area is 270 Å². The highest BCUT2D eigenvalue weighted by Crippen LogP contribution is 2.41. The highest BCUT2D eigenvalue weighted by Gasteiger charge is 2.48. The normalized spacial score (nSPS) is 15.2. The van der Waals surface area contributed by atoms with Crippen LogP contribution < -0.4 is 0 Å². The molecule has 0 fully saturated rings. The molecule has 0 saturated heterocycles. The Kier molecular flexibility index (Phi) is 12.2. The van der Waals surface area contributed by atoms with Crippen LogP contribution in [-0.2, 0) is 36.0 Å². The van der Waals surface area contributed by atoms with Crippen molar-refractivity contribution < 1.29 is 35.2 Å². The molecule has 0 radical (unpaired) electrons. The fourth-order valence-corrected chi connectivity index (χ4v) is 6.41. The lowest BCUT2D eigenvalue weighted by Crippen LogP contribution is -2.37. The molecule has 246 valence electrons. The Morgan fingerprint density at radius 2 is 1.07 bits per heavy atom. The first-order chi connectivity index (χ1) is 21.9. The molecular weight excluding hydrogens is 613 g/mol. The van der Waals surface area contributed by atoms with Gasteiger partial charge in [0.25, 0.3) is 0 Å². The van der Waals surface area contributed by atoms with Gasteiger partial charge < -0.3 is 9.47 Å².